The lowest BCUT2D eigenvalue weighted by Gasteiger charge is -2.31. The van der Waals surface area contributed by atoms with Crippen molar-refractivity contribution in [3.63, 3.8) is 0 Å². The van der Waals surface area contributed by atoms with Crippen LogP contribution < -0.4 is 0 Å². The lowest BCUT2D eigenvalue weighted by atomic mass is 10.1. The average Bonchev–Trinajstić information content (AvgIpc) is 2.29. The molecule has 92 valence electrons. The standard InChI is InChI=1S/C12H21NO3/c1-3-4-9-16-10(2)12(15)13-7-5-11(14)6-8-13/h3,10-11,14H,1,4-9H2,2H3. The molecule has 0 spiro atoms. The largest absolute Gasteiger partial charge is 0.393 e. The zero-order valence-electron chi connectivity index (χ0n) is 9.89. The highest BCUT2D eigenvalue weighted by molar-refractivity contribution is 5.80. The van der Waals surface area contributed by atoms with E-state index in [1.807, 2.05) is 0 Å². The van der Waals surface area contributed by atoms with Gasteiger partial charge in [-0.3, -0.25) is 4.79 Å². The zero-order valence-corrected chi connectivity index (χ0v) is 9.89. The van der Waals surface area contributed by atoms with Gasteiger partial charge in [-0.2, -0.15) is 0 Å². The Kier molecular flexibility index (Phi) is 5.49. The molecule has 0 aromatic heterocycles. The second-order valence-electron chi connectivity index (χ2n) is 4.15. The van der Waals surface area contributed by atoms with E-state index in [4.69, 9.17) is 4.74 Å². The minimum atomic E-state index is -0.393. The number of carbonyl (C=O) groups is 1. The Balaban J connectivity index is 2.29. The molecule has 1 saturated heterocycles. The third-order valence-corrected chi connectivity index (χ3v) is 2.81. The Morgan fingerprint density at radius 2 is 2.25 bits per heavy atom. The average molecular weight is 227 g/mol. The monoisotopic (exact) mass is 227 g/mol. The number of carbonyl (C=O) groups excluding carboxylic acids is 1. The van der Waals surface area contributed by atoms with Gasteiger partial charge in [-0.05, 0) is 26.2 Å². The van der Waals surface area contributed by atoms with Gasteiger partial charge in [0.15, 0.2) is 0 Å². The van der Waals surface area contributed by atoms with Gasteiger partial charge in [0.2, 0.25) is 0 Å². The van der Waals surface area contributed by atoms with Gasteiger partial charge >= 0.3 is 0 Å². The van der Waals surface area contributed by atoms with Crippen LogP contribution in [0.4, 0.5) is 0 Å². The molecule has 0 saturated carbocycles. The SMILES string of the molecule is C=CCCOC(C)C(=O)N1CCC(O)CC1. The molecule has 1 atom stereocenters. The van der Waals surface area contributed by atoms with Crippen LogP contribution >= 0.6 is 0 Å². The molecule has 0 aromatic rings. The Hall–Kier alpha value is -0.870. The number of aliphatic hydroxyl groups is 1. The predicted molar refractivity (Wildman–Crippen MR) is 62.0 cm³/mol. The molecule has 16 heavy (non-hydrogen) atoms. The number of rotatable bonds is 5. The van der Waals surface area contributed by atoms with Crippen LogP contribution in [0.25, 0.3) is 0 Å². The second-order valence-corrected chi connectivity index (χ2v) is 4.15. The van der Waals surface area contributed by atoms with Gasteiger partial charge in [-0.15, -0.1) is 6.58 Å². The molecule has 0 bridgehead atoms. The van der Waals surface area contributed by atoms with Crippen LogP contribution in [-0.4, -0.2) is 47.8 Å². The molecule has 1 aliphatic heterocycles. The van der Waals surface area contributed by atoms with Crippen LogP contribution in [0.1, 0.15) is 26.2 Å². The van der Waals surface area contributed by atoms with Crippen molar-refractivity contribution >= 4 is 5.91 Å². The van der Waals surface area contributed by atoms with E-state index in [1.54, 1.807) is 17.9 Å². The van der Waals surface area contributed by atoms with E-state index in [1.165, 1.54) is 0 Å². The normalized spacial score (nSPS) is 19.5. The van der Waals surface area contributed by atoms with Crippen molar-refractivity contribution in [2.45, 2.75) is 38.4 Å². The number of hydrogen-bond donors (Lipinski definition) is 1. The fraction of sp³-hybridized carbons (Fsp3) is 0.750. The first-order valence-electron chi connectivity index (χ1n) is 5.84. The molecule has 0 aliphatic carbocycles. The van der Waals surface area contributed by atoms with Gasteiger partial charge in [0.1, 0.15) is 6.10 Å². The molecule has 4 nitrogen and oxygen atoms in total. The molecule has 1 rings (SSSR count). The lowest BCUT2D eigenvalue weighted by molar-refractivity contribution is -0.144. The van der Waals surface area contributed by atoms with E-state index in [-0.39, 0.29) is 12.0 Å². The number of aliphatic hydroxyl groups excluding tert-OH is 1. The van der Waals surface area contributed by atoms with Gasteiger partial charge in [0, 0.05) is 13.1 Å². The van der Waals surface area contributed by atoms with Crippen molar-refractivity contribution in [2.75, 3.05) is 19.7 Å². The fourth-order valence-electron chi connectivity index (χ4n) is 1.74. The maximum atomic E-state index is 11.9. The van der Waals surface area contributed by atoms with Crippen LogP contribution in [0.3, 0.4) is 0 Å². The molecule has 1 N–H and O–H groups in total. The summed E-state index contributed by atoms with van der Waals surface area (Å²) in [6.07, 6.45) is 3.23. The molecule has 1 fully saturated rings. The number of amides is 1. The number of piperidine rings is 1. The van der Waals surface area contributed by atoms with Gasteiger partial charge in [0.05, 0.1) is 12.7 Å². The summed E-state index contributed by atoms with van der Waals surface area (Å²) in [5.41, 5.74) is 0. The highest BCUT2D eigenvalue weighted by Gasteiger charge is 2.25. The minimum absolute atomic E-state index is 0.0240. The highest BCUT2D eigenvalue weighted by Crippen LogP contribution is 2.12. The van der Waals surface area contributed by atoms with Crippen LogP contribution in [0.5, 0.6) is 0 Å². The van der Waals surface area contributed by atoms with Crippen molar-refractivity contribution in [2.24, 2.45) is 0 Å². The van der Waals surface area contributed by atoms with Crippen molar-refractivity contribution in [1.29, 1.82) is 0 Å². The first-order valence-corrected chi connectivity index (χ1v) is 5.84. The van der Waals surface area contributed by atoms with Crippen molar-refractivity contribution in [1.82, 2.24) is 4.90 Å². The third kappa shape index (κ3) is 3.94. The summed E-state index contributed by atoms with van der Waals surface area (Å²) in [7, 11) is 0. The molecule has 1 amide bonds. The van der Waals surface area contributed by atoms with Gasteiger partial charge in [-0.1, -0.05) is 6.08 Å². The molecule has 4 heteroatoms. The van der Waals surface area contributed by atoms with E-state index in [9.17, 15) is 9.90 Å². The Morgan fingerprint density at radius 1 is 1.62 bits per heavy atom. The molecule has 1 unspecified atom stereocenters. The summed E-state index contributed by atoms with van der Waals surface area (Å²) in [5.74, 6) is 0.0240. The smallest absolute Gasteiger partial charge is 0.251 e. The summed E-state index contributed by atoms with van der Waals surface area (Å²) >= 11 is 0. The Bertz CT molecular complexity index is 234. The summed E-state index contributed by atoms with van der Waals surface area (Å²) in [6, 6.07) is 0. The van der Waals surface area contributed by atoms with E-state index in [0.29, 0.717) is 32.5 Å². The van der Waals surface area contributed by atoms with Crippen LogP contribution in [0.2, 0.25) is 0 Å². The van der Waals surface area contributed by atoms with Crippen LogP contribution in [-0.2, 0) is 9.53 Å². The lowest BCUT2D eigenvalue weighted by Crippen LogP contribution is -2.44. The number of likely N-dealkylation sites (tertiary alicyclic amines) is 1. The second kappa shape index (κ2) is 6.66. The van der Waals surface area contributed by atoms with Crippen LogP contribution in [0.15, 0.2) is 12.7 Å². The molecule has 1 heterocycles. The van der Waals surface area contributed by atoms with Gasteiger partial charge < -0.3 is 14.7 Å². The maximum absolute atomic E-state index is 11.9. The molecule has 0 radical (unpaired) electrons. The third-order valence-electron chi connectivity index (χ3n) is 2.81. The van der Waals surface area contributed by atoms with Crippen molar-refractivity contribution in [3.05, 3.63) is 12.7 Å². The topological polar surface area (TPSA) is 49.8 Å². The summed E-state index contributed by atoms with van der Waals surface area (Å²) < 4.78 is 5.40. The predicted octanol–water partition coefficient (Wildman–Crippen LogP) is 0.951. The maximum Gasteiger partial charge on any atom is 0.251 e. The molecular formula is C12H21NO3. The summed E-state index contributed by atoms with van der Waals surface area (Å²) in [5, 5.41) is 9.34. The first-order chi connectivity index (χ1) is 7.65. The van der Waals surface area contributed by atoms with Crippen LogP contribution in [0, 0.1) is 0 Å². The summed E-state index contributed by atoms with van der Waals surface area (Å²) in [6.45, 7) is 7.17. The number of ether oxygens (including phenoxy) is 1. The molecular weight excluding hydrogens is 206 g/mol. The Labute approximate surface area is 96.9 Å². The van der Waals surface area contributed by atoms with E-state index < -0.39 is 6.10 Å². The summed E-state index contributed by atoms with van der Waals surface area (Å²) in [4.78, 5) is 13.7. The zero-order chi connectivity index (χ0) is 12.0. The van der Waals surface area contributed by atoms with E-state index in [0.717, 1.165) is 6.42 Å². The van der Waals surface area contributed by atoms with Crippen molar-refractivity contribution in [3.8, 4) is 0 Å². The molecule has 1 aliphatic rings. The quantitative estimate of drug-likeness (QED) is 0.562. The van der Waals surface area contributed by atoms with Gasteiger partial charge in [0.25, 0.3) is 5.91 Å². The van der Waals surface area contributed by atoms with E-state index in [2.05, 4.69) is 6.58 Å². The molecule has 0 aromatic carbocycles. The van der Waals surface area contributed by atoms with Crippen molar-refractivity contribution < 1.29 is 14.6 Å². The number of hydrogen-bond acceptors (Lipinski definition) is 3. The highest BCUT2D eigenvalue weighted by atomic mass is 16.5. The van der Waals surface area contributed by atoms with E-state index >= 15 is 0 Å². The first kappa shape index (κ1) is 13.2. The number of nitrogens with zero attached hydrogens (tertiary/aromatic N) is 1. The Morgan fingerprint density at radius 3 is 2.81 bits per heavy atom. The fourth-order valence-corrected chi connectivity index (χ4v) is 1.74. The minimum Gasteiger partial charge on any atom is -0.393 e. The van der Waals surface area contributed by atoms with Gasteiger partial charge in [-0.25, -0.2) is 0 Å².